The highest BCUT2D eigenvalue weighted by molar-refractivity contribution is 7.98. The Morgan fingerprint density at radius 1 is 1.41 bits per heavy atom. The fourth-order valence-corrected chi connectivity index (χ4v) is 2.95. The Bertz CT molecular complexity index is 635. The van der Waals surface area contributed by atoms with Crippen LogP contribution >= 0.6 is 23.1 Å². The molecule has 86 valence electrons. The van der Waals surface area contributed by atoms with Gasteiger partial charge in [0.1, 0.15) is 16.9 Å². The molecule has 0 bridgehead atoms. The highest BCUT2D eigenvalue weighted by atomic mass is 32.2. The SMILES string of the molecule is Nc1nc(SCc2cnoc2)nc2sccc12. The maximum atomic E-state index is 5.86. The number of thioether (sulfide) groups is 1. The van der Waals surface area contributed by atoms with E-state index >= 15 is 0 Å². The van der Waals surface area contributed by atoms with Crippen LogP contribution in [0.3, 0.4) is 0 Å². The van der Waals surface area contributed by atoms with Crippen LogP contribution in [0.2, 0.25) is 0 Å². The van der Waals surface area contributed by atoms with E-state index in [1.807, 2.05) is 11.4 Å². The molecule has 0 fully saturated rings. The van der Waals surface area contributed by atoms with E-state index in [1.54, 1.807) is 23.8 Å². The molecule has 7 heteroatoms. The van der Waals surface area contributed by atoms with Gasteiger partial charge in [-0.3, -0.25) is 0 Å². The van der Waals surface area contributed by atoms with Crippen molar-refractivity contribution in [2.75, 3.05) is 5.73 Å². The van der Waals surface area contributed by atoms with Crippen molar-refractivity contribution in [3.63, 3.8) is 0 Å². The van der Waals surface area contributed by atoms with Gasteiger partial charge >= 0.3 is 0 Å². The van der Waals surface area contributed by atoms with Crippen LogP contribution in [0, 0.1) is 0 Å². The summed E-state index contributed by atoms with van der Waals surface area (Å²) in [5.41, 5.74) is 6.86. The van der Waals surface area contributed by atoms with E-state index < -0.39 is 0 Å². The number of anilines is 1. The van der Waals surface area contributed by atoms with Crippen LogP contribution in [0.1, 0.15) is 5.56 Å². The molecule has 0 amide bonds. The number of nitrogens with two attached hydrogens (primary N) is 1. The van der Waals surface area contributed by atoms with E-state index in [2.05, 4.69) is 15.1 Å². The van der Waals surface area contributed by atoms with Crippen LogP contribution in [0.4, 0.5) is 5.82 Å². The van der Waals surface area contributed by atoms with Gasteiger partial charge in [-0.1, -0.05) is 16.9 Å². The molecule has 0 unspecified atom stereocenters. The lowest BCUT2D eigenvalue weighted by Crippen LogP contribution is -1.95. The third-order valence-corrected chi connectivity index (χ3v) is 3.91. The van der Waals surface area contributed by atoms with Gasteiger partial charge in [0.2, 0.25) is 0 Å². The highest BCUT2D eigenvalue weighted by Crippen LogP contribution is 2.27. The summed E-state index contributed by atoms with van der Waals surface area (Å²) in [6.07, 6.45) is 3.29. The molecular formula is C10H8N4OS2. The van der Waals surface area contributed by atoms with Gasteiger partial charge in [0.05, 0.1) is 11.6 Å². The van der Waals surface area contributed by atoms with E-state index in [0.717, 1.165) is 21.5 Å². The van der Waals surface area contributed by atoms with Crippen molar-refractivity contribution in [2.24, 2.45) is 0 Å². The van der Waals surface area contributed by atoms with Crippen LogP contribution in [-0.4, -0.2) is 15.1 Å². The summed E-state index contributed by atoms with van der Waals surface area (Å²) >= 11 is 3.08. The summed E-state index contributed by atoms with van der Waals surface area (Å²) in [6, 6.07) is 1.93. The number of fused-ring (bicyclic) bond motifs is 1. The molecule has 5 nitrogen and oxygen atoms in total. The Labute approximate surface area is 105 Å². The zero-order chi connectivity index (χ0) is 11.7. The predicted molar refractivity (Wildman–Crippen MR) is 67.9 cm³/mol. The molecule has 2 N–H and O–H groups in total. The second-order valence-corrected chi connectivity index (χ2v) is 5.19. The summed E-state index contributed by atoms with van der Waals surface area (Å²) in [5.74, 6) is 1.25. The van der Waals surface area contributed by atoms with Crippen LogP contribution < -0.4 is 5.73 Å². The molecular weight excluding hydrogens is 256 g/mol. The summed E-state index contributed by atoms with van der Waals surface area (Å²) < 4.78 is 4.76. The number of hydrogen-bond acceptors (Lipinski definition) is 7. The van der Waals surface area contributed by atoms with Crippen LogP contribution in [-0.2, 0) is 5.75 Å². The van der Waals surface area contributed by atoms with E-state index in [1.165, 1.54) is 11.8 Å². The number of hydrogen-bond donors (Lipinski definition) is 1. The van der Waals surface area contributed by atoms with Crippen molar-refractivity contribution in [1.82, 2.24) is 15.1 Å². The number of thiophene rings is 1. The molecule has 17 heavy (non-hydrogen) atoms. The Kier molecular flexibility index (Phi) is 2.69. The first-order chi connectivity index (χ1) is 8.33. The summed E-state index contributed by atoms with van der Waals surface area (Å²) in [4.78, 5) is 9.61. The van der Waals surface area contributed by atoms with Gasteiger partial charge in [-0.15, -0.1) is 11.3 Å². The fourth-order valence-electron chi connectivity index (χ4n) is 1.37. The minimum atomic E-state index is 0.532. The molecule has 3 aromatic heterocycles. The lowest BCUT2D eigenvalue weighted by molar-refractivity contribution is 0.419. The lowest BCUT2D eigenvalue weighted by Gasteiger charge is -2.00. The molecule has 0 saturated heterocycles. The molecule has 3 heterocycles. The first-order valence-corrected chi connectivity index (χ1v) is 6.71. The maximum absolute atomic E-state index is 5.86. The average molecular weight is 264 g/mol. The number of nitrogen functional groups attached to an aromatic ring is 1. The number of nitrogens with zero attached hydrogens (tertiary/aromatic N) is 3. The Balaban J connectivity index is 1.85. The minimum Gasteiger partial charge on any atom is -0.383 e. The van der Waals surface area contributed by atoms with E-state index in [-0.39, 0.29) is 0 Å². The minimum absolute atomic E-state index is 0.532. The third kappa shape index (κ3) is 2.11. The second kappa shape index (κ2) is 4.34. The first kappa shape index (κ1) is 10.5. The van der Waals surface area contributed by atoms with E-state index in [4.69, 9.17) is 10.3 Å². The normalized spacial score (nSPS) is 11.1. The third-order valence-electron chi connectivity index (χ3n) is 2.19. The number of aromatic nitrogens is 3. The molecule has 0 spiro atoms. The van der Waals surface area contributed by atoms with Crippen molar-refractivity contribution >= 4 is 39.1 Å². The smallest absolute Gasteiger partial charge is 0.191 e. The first-order valence-electron chi connectivity index (χ1n) is 4.85. The molecule has 3 rings (SSSR count). The Morgan fingerprint density at radius 2 is 2.35 bits per heavy atom. The van der Waals surface area contributed by atoms with Gasteiger partial charge in [-0.2, -0.15) is 0 Å². The monoisotopic (exact) mass is 264 g/mol. The molecule has 0 aromatic carbocycles. The van der Waals surface area contributed by atoms with Crippen molar-refractivity contribution in [3.8, 4) is 0 Å². The van der Waals surface area contributed by atoms with Crippen molar-refractivity contribution in [2.45, 2.75) is 10.9 Å². The summed E-state index contributed by atoms with van der Waals surface area (Å²) in [6.45, 7) is 0. The van der Waals surface area contributed by atoms with Gasteiger partial charge < -0.3 is 10.3 Å². The predicted octanol–water partition coefficient (Wildman–Crippen LogP) is 2.55. The number of rotatable bonds is 3. The standard InChI is InChI=1S/C10H8N4OS2/c11-8-7-1-2-16-9(7)14-10(13-8)17-5-6-3-12-15-4-6/h1-4H,5H2,(H2,11,13,14). The molecule has 0 saturated carbocycles. The lowest BCUT2D eigenvalue weighted by atomic mass is 10.4. The quantitative estimate of drug-likeness (QED) is 0.578. The molecule has 0 aliphatic rings. The molecule has 0 radical (unpaired) electrons. The van der Waals surface area contributed by atoms with Crippen molar-refractivity contribution in [3.05, 3.63) is 29.5 Å². The van der Waals surface area contributed by atoms with Crippen LogP contribution in [0.25, 0.3) is 10.2 Å². The van der Waals surface area contributed by atoms with Gasteiger partial charge in [0, 0.05) is 11.3 Å². The Morgan fingerprint density at radius 3 is 3.18 bits per heavy atom. The molecule has 0 aliphatic heterocycles. The van der Waals surface area contributed by atoms with Gasteiger partial charge in [-0.25, -0.2) is 9.97 Å². The van der Waals surface area contributed by atoms with E-state index in [0.29, 0.717) is 11.0 Å². The van der Waals surface area contributed by atoms with E-state index in [9.17, 15) is 0 Å². The van der Waals surface area contributed by atoms with Gasteiger partial charge in [0.15, 0.2) is 5.16 Å². The van der Waals surface area contributed by atoms with Crippen molar-refractivity contribution in [1.29, 1.82) is 0 Å². The second-order valence-electron chi connectivity index (χ2n) is 3.35. The fraction of sp³-hybridized carbons (Fsp3) is 0.100. The highest BCUT2D eigenvalue weighted by Gasteiger charge is 2.07. The molecule has 0 aliphatic carbocycles. The zero-order valence-corrected chi connectivity index (χ0v) is 10.3. The van der Waals surface area contributed by atoms with Gasteiger partial charge in [0.25, 0.3) is 0 Å². The van der Waals surface area contributed by atoms with Crippen LogP contribution in [0.15, 0.2) is 33.6 Å². The average Bonchev–Trinajstić information content (AvgIpc) is 2.97. The Hall–Kier alpha value is -1.60. The van der Waals surface area contributed by atoms with Gasteiger partial charge in [-0.05, 0) is 11.4 Å². The zero-order valence-electron chi connectivity index (χ0n) is 8.66. The topological polar surface area (TPSA) is 77.8 Å². The summed E-state index contributed by atoms with van der Waals surface area (Å²) in [5, 5.41) is 7.20. The largest absolute Gasteiger partial charge is 0.383 e. The molecule has 3 aromatic rings. The van der Waals surface area contributed by atoms with Crippen LogP contribution in [0.5, 0.6) is 0 Å². The maximum Gasteiger partial charge on any atom is 0.191 e. The molecule has 0 atom stereocenters. The summed E-state index contributed by atoms with van der Waals surface area (Å²) in [7, 11) is 0. The van der Waals surface area contributed by atoms with Crippen molar-refractivity contribution < 1.29 is 4.52 Å².